The van der Waals surface area contributed by atoms with Gasteiger partial charge in [-0.2, -0.15) is 5.10 Å². The van der Waals surface area contributed by atoms with Crippen molar-refractivity contribution in [3.8, 4) is 5.75 Å². The Labute approximate surface area is 109 Å². The third-order valence-corrected chi connectivity index (χ3v) is 2.73. The van der Waals surface area contributed by atoms with Crippen LogP contribution in [0.4, 0.5) is 10.1 Å². The van der Waals surface area contributed by atoms with E-state index in [4.69, 9.17) is 5.11 Å². The minimum Gasteiger partial charge on any atom is -0.508 e. The first-order valence-electron chi connectivity index (χ1n) is 5.84. The first-order valence-corrected chi connectivity index (χ1v) is 5.84. The van der Waals surface area contributed by atoms with E-state index in [1.54, 1.807) is 13.1 Å². The molecule has 1 aromatic heterocycles. The Balaban J connectivity index is 2.23. The molecule has 5 nitrogen and oxygen atoms in total. The maximum atomic E-state index is 13.5. The number of nitrogens with zero attached hydrogens (tertiary/aromatic N) is 2. The summed E-state index contributed by atoms with van der Waals surface area (Å²) in [6.45, 7) is 1.93. The Morgan fingerprint density at radius 3 is 2.79 bits per heavy atom. The normalized spacial score (nSPS) is 10.5. The average molecular weight is 263 g/mol. The zero-order valence-corrected chi connectivity index (χ0v) is 10.6. The second-order valence-corrected chi connectivity index (χ2v) is 4.12. The monoisotopic (exact) mass is 263 g/mol. The van der Waals surface area contributed by atoms with Gasteiger partial charge in [0, 0.05) is 13.1 Å². The molecule has 0 atom stereocenters. The first kappa shape index (κ1) is 13.1. The maximum Gasteiger partial charge on any atom is 0.274 e. The van der Waals surface area contributed by atoms with E-state index in [-0.39, 0.29) is 11.4 Å². The highest BCUT2D eigenvalue weighted by atomic mass is 19.1. The molecule has 0 radical (unpaired) electrons. The van der Waals surface area contributed by atoms with Gasteiger partial charge >= 0.3 is 0 Å². The number of phenolic OH excluding ortho intramolecular Hbond substituents is 1. The van der Waals surface area contributed by atoms with Gasteiger partial charge in [-0.25, -0.2) is 4.39 Å². The lowest BCUT2D eigenvalue weighted by Crippen LogP contribution is -2.16. The lowest BCUT2D eigenvalue weighted by molar-refractivity contribution is 0.101. The van der Waals surface area contributed by atoms with Gasteiger partial charge in [-0.1, -0.05) is 6.92 Å². The molecule has 2 aromatic rings. The molecule has 100 valence electrons. The largest absolute Gasteiger partial charge is 0.508 e. The fraction of sp³-hybridized carbons (Fsp3) is 0.231. The van der Waals surface area contributed by atoms with Gasteiger partial charge in [-0.3, -0.25) is 9.48 Å². The molecule has 0 spiro atoms. The predicted molar refractivity (Wildman–Crippen MR) is 68.6 cm³/mol. The van der Waals surface area contributed by atoms with Crippen molar-refractivity contribution in [1.82, 2.24) is 9.78 Å². The van der Waals surface area contributed by atoms with Crippen LogP contribution >= 0.6 is 0 Å². The Morgan fingerprint density at radius 1 is 1.47 bits per heavy atom. The molecule has 0 aliphatic carbocycles. The van der Waals surface area contributed by atoms with E-state index >= 15 is 0 Å². The third kappa shape index (κ3) is 2.73. The van der Waals surface area contributed by atoms with Crippen molar-refractivity contribution in [1.29, 1.82) is 0 Å². The van der Waals surface area contributed by atoms with Crippen molar-refractivity contribution >= 4 is 11.6 Å². The number of aromatic hydroxyl groups is 1. The van der Waals surface area contributed by atoms with Crippen molar-refractivity contribution in [2.24, 2.45) is 7.05 Å². The van der Waals surface area contributed by atoms with E-state index in [1.807, 2.05) is 6.92 Å². The van der Waals surface area contributed by atoms with E-state index in [1.165, 1.54) is 16.8 Å². The number of hydrogen-bond donors (Lipinski definition) is 2. The third-order valence-electron chi connectivity index (χ3n) is 2.73. The number of nitrogens with one attached hydrogen (secondary N) is 1. The summed E-state index contributed by atoms with van der Waals surface area (Å²) in [5.41, 5.74) is 1.16. The summed E-state index contributed by atoms with van der Waals surface area (Å²) in [6.07, 6.45) is 0.717. The van der Waals surface area contributed by atoms with E-state index in [2.05, 4.69) is 10.4 Å². The number of hydrogen-bond acceptors (Lipinski definition) is 3. The van der Waals surface area contributed by atoms with Gasteiger partial charge in [0.15, 0.2) is 0 Å². The summed E-state index contributed by atoms with van der Waals surface area (Å²) in [5, 5.41) is 15.7. The number of rotatable bonds is 3. The Hall–Kier alpha value is -2.37. The number of amides is 1. The van der Waals surface area contributed by atoms with Gasteiger partial charge in [0.25, 0.3) is 5.91 Å². The molecule has 0 fully saturated rings. The molecule has 6 heteroatoms. The molecule has 1 amide bonds. The van der Waals surface area contributed by atoms with E-state index < -0.39 is 11.7 Å². The molecule has 0 bridgehead atoms. The second-order valence-electron chi connectivity index (χ2n) is 4.12. The van der Waals surface area contributed by atoms with E-state index in [9.17, 15) is 9.18 Å². The molecule has 0 aliphatic rings. The topological polar surface area (TPSA) is 67.2 Å². The first-order chi connectivity index (χ1) is 9.01. The maximum absolute atomic E-state index is 13.5. The summed E-state index contributed by atoms with van der Waals surface area (Å²) in [4.78, 5) is 12.0. The fourth-order valence-corrected chi connectivity index (χ4v) is 1.70. The summed E-state index contributed by atoms with van der Waals surface area (Å²) >= 11 is 0. The molecule has 0 unspecified atom stereocenters. The molecular weight excluding hydrogens is 249 g/mol. The molecule has 1 aromatic carbocycles. The van der Waals surface area contributed by atoms with Crippen LogP contribution in [0.15, 0.2) is 24.3 Å². The number of phenols is 1. The standard InChI is InChI=1S/C13H14FN3O2/c1-3-8-6-12(17(2)16-8)13(19)15-11-5-4-9(18)7-10(11)14/h4-7,18H,3H2,1-2H3,(H,15,19). The van der Waals surface area contributed by atoms with Crippen LogP contribution in [0.1, 0.15) is 23.1 Å². The van der Waals surface area contributed by atoms with Crippen molar-refractivity contribution in [3.05, 3.63) is 41.5 Å². The van der Waals surface area contributed by atoms with Gasteiger partial charge < -0.3 is 10.4 Å². The second kappa shape index (κ2) is 5.09. The fourth-order valence-electron chi connectivity index (χ4n) is 1.70. The van der Waals surface area contributed by atoms with Crippen molar-refractivity contribution in [3.63, 3.8) is 0 Å². The number of carbonyl (C=O) groups is 1. The van der Waals surface area contributed by atoms with Gasteiger partial charge in [-0.15, -0.1) is 0 Å². The van der Waals surface area contributed by atoms with Gasteiger partial charge in [0.2, 0.25) is 0 Å². The number of carbonyl (C=O) groups excluding carboxylic acids is 1. The van der Waals surface area contributed by atoms with Crippen LogP contribution < -0.4 is 5.32 Å². The minimum absolute atomic E-state index is 0.0158. The van der Waals surface area contributed by atoms with Crippen molar-refractivity contribution in [2.45, 2.75) is 13.3 Å². The molecular formula is C13H14FN3O2. The summed E-state index contributed by atoms with van der Waals surface area (Å²) < 4.78 is 15.0. The molecule has 0 saturated carbocycles. The smallest absolute Gasteiger partial charge is 0.274 e. The summed E-state index contributed by atoms with van der Waals surface area (Å²) in [6, 6.07) is 5.21. The van der Waals surface area contributed by atoms with Gasteiger partial charge in [-0.05, 0) is 24.6 Å². The van der Waals surface area contributed by atoms with Gasteiger partial charge in [0.05, 0.1) is 11.4 Å². The highest BCUT2D eigenvalue weighted by molar-refractivity contribution is 6.03. The van der Waals surface area contributed by atoms with Crippen LogP contribution in [0.25, 0.3) is 0 Å². The summed E-state index contributed by atoms with van der Waals surface area (Å²) in [7, 11) is 1.65. The van der Waals surface area contributed by atoms with E-state index in [0.717, 1.165) is 11.8 Å². The molecule has 0 saturated heterocycles. The van der Waals surface area contributed by atoms with E-state index in [0.29, 0.717) is 12.1 Å². The van der Waals surface area contributed by atoms with Crippen LogP contribution in [0, 0.1) is 5.82 Å². The highest BCUT2D eigenvalue weighted by Gasteiger charge is 2.14. The Bertz CT molecular complexity index is 622. The average Bonchev–Trinajstić information content (AvgIpc) is 2.74. The minimum atomic E-state index is -0.689. The zero-order chi connectivity index (χ0) is 14.0. The van der Waals surface area contributed by atoms with Crippen LogP contribution in [0.3, 0.4) is 0 Å². The SMILES string of the molecule is CCc1cc(C(=O)Nc2ccc(O)cc2F)n(C)n1. The predicted octanol–water partition coefficient (Wildman–Crippen LogP) is 2.08. The summed E-state index contributed by atoms with van der Waals surface area (Å²) in [5.74, 6) is -1.32. The Morgan fingerprint density at radius 2 is 2.21 bits per heavy atom. The quantitative estimate of drug-likeness (QED) is 0.833. The number of aryl methyl sites for hydroxylation is 2. The van der Waals surface area contributed by atoms with Crippen LogP contribution in [0.2, 0.25) is 0 Å². The molecule has 0 aliphatic heterocycles. The van der Waals surface area contributed by atoms with Crippen molar-refractivity contribution in [2.75, 3.05) is 5.32 Å². The lowest BCUT2D eigenvalue weighted by atomic mass is 10.2. The molecule has 2 N–H and O–H groups in total. The lowest BCUT2D eigenvalue weighted by Gasteiger charge is -2.06. The van der Waals surface area contributed by atoms with Crippen molar-refractivity contribution < 1.29 is 14.3 Å². The zero-order valence-electron chi connectivity index (χ0n) is 10.6. The molecule has 19 heavy (non-hydrogen) atoms. The van der Waals surface area contributed by atoms with Gasteiger partial charge in [0.1, 0.15) is 17.3 Å². The van der Waals surface area contributed by atoms with Crippen LogP contribution in [-0.2, 0) is 13.5 Å². The number of halogens is 1. The van der Waals surface area contributed by atoms with Crippen LogP contribution in [0.5, 0.6) is 5.75 Å². The molecule has 1 heterocycles. The number of benzene rings is 1. The highest BCUT2D eigenvalue weighted by Crippen LogP contribution is 2.20. The number of anilines is 1. The van der Waals surface area contributed by atoms with Crippen LogP contribution in [-0.4, -0.2) is 20.8 Å². The number of aromatic nitrogens is 2. The Kier molecular flexibility index (Phi) is 3.50. The molecule has 2 rings (SSSR count).